The molecule has 0 saturated heterocycles. The molecule has 0 aromatic carbocycles. The Hall–Kier alpha value is -1.03. The fraction of sp³-hybridized carbons (Fsp3) is 0.692. The summed E-state index contributed by atoms with van der Waals surface area (Å²) in [4.78, 5) is 15.8. The van der Waals surface area contributed by atoms with Gasteiger partial charge in [-0.05, 0) is 6.42 Å². The molecular formula is C13H21ClN2O2. The van der Waals surface area contributed by atoms with Crippen LogP contribution >= 0.6 is 11.6 Å². The predicted molar refractivity (Wildman–Crippen MR) is 73.0 cm³/mol. The number of hydrogen-bond acceptors (Lipinski definition) is 3. The Morgan fingerprint density at radius 1 is 1.56 bits per heavy atom. The number of rotatable bonds is 5. The van der Waals surface area contributed by atoms with E-state index in [4.69, 9.17) is 16.0 Å². The number of nitrogens with zero attached hydrogens (tertiary/aromatic N) is 1. The van der Waals surface area contributed by atoms with Crippen molar-refractivity contribution < 1.29 is 9.21 Å². The summed E-state index contributed by atoms with van der Waals surface area (Å²) < 4.78 is 5.47. The molecule has 0 fully saturated rings. The molecule has 0 spiro atoms. The molecule has 0 aliphatic heterocycles. The van der Waals surface area contributed by atoms with E-state index in [9.17, 15) is 4.79 Å². The molecule has 102 valence electrons. The second kappa shape index (κ2) is 6.23. The first-order chi connectivity index (χ1) is 8.34. The molecule has 0 bridgehead atoms. The predicted octanol–water partition coefficient (Wildman–Crippen LogP) is 3.71. The maximum absolute atomic E-state index is 11.7. The van der Waals surface area contributed by atoms with Crippen LogP contribution in [0.4, 0.5) is 6.01 Å². The Labute approximate surface area is 113 Å². The van der Waals surface area contributed by atoms with Crippen LogP contribution in [-0.2, 0) is 10.2 Å². The van der Waals surface area contributed by atoms with Crippen molar-refractivity contribution in [3.63, 3.8) is 0 Å². The second-order valence-corrected chi connectivity index (χ2v) is 5.91. The molecule has 0 unspecified atom stereocenters. The molecule has 0 aliphatic rings. The first-order valence-electron chi connectivity index (χ1n) is 6.26. The molecule has 1 aromatic rings. The number of alkyl halides is 1. The molecule has 1 heterocycles. The van der Waals surface area contributed by atoms with E-state index in [2.05, 4.69) is 17.2 Å². The number of nitrogens with one attached hydrogen (secondary N) is 1. The van der Waals surface area contributed by atoms with Gasteiger partial charge < -0.3 is 4.42 Å². The van der Waals surface area contributed by atoms with Crippen molar-refractivity contribution in [2.45, 2.75) is 57.7 Å². The van der Waals surface area contributed by atoms with Gasteiger partial charge in [0.15, 0.2) is 0 Å². The van der Waals surface area contributed by atoms with Gasteiger partial charge in [-0.15, -0.1) is 11.6 Å². The summed E-state index contributed by atoms with van der Waals surface area (Å²) in [7, 11) is 0. The minimum Gasteiger partial charge on any atom is -0.428 e. The number of amides is 1. The van der Waals surface area contributed by atoms with Gasteiger partial charge in [0.2, 0.25) is 5.91 Å². The van der Waals surface area contributed by atoms with Crippen molar-refractivity contribution >= 4 is 23.5 Å². The summed E-state index contributed by atoms with van der Waals surface area (Å²) in [5, 5.41) is 2.06. The second-order valence-electron chi connectivity index (χ2n) is 5.38. The van der Waals surface area contributed by atoms with Gasteiger partial charge in [-0.25, -0.2) is 4.98 Å². The van der Waals surface area contributed by atoms with Gasteiger partial charge in [-0.1, -0.05) is 40.5 Å². The van der Waals surface area contributed by atoms with E-state index >= 15 is 0 Å². The maximum Gasteiger partial charge on any atom is 0.301 e. The number of oxazole rings is 1. The third-order valence-electron chi connectivity index (χ3n) is 2.57. The van der Waals surface area contributed by atoms with Gasteiger partial charge in [0.25, 0.3) is 0 Å². The van der Waals surface area contributed by atoms with Crippen LogP contribution in [0.25, 0.3) is 0 Å². The number of carbonyl (C=O) groups excluding carboxylic acids is 1. The maximum atomic E-state index is 11.7. The highest BCUT2D eigenvalue weighted by Gasteiger charge is 2.21. The molecule has 0 aliphatic carbocycles. The average molecular weight is 273 g/mol. The highest BCUT2D eigenvalue weighted by Crippen LogP contribution is 2.24. The van der Waals surface area contributed by atoms with Gasteiger partial charge in [-0.2, -0.15) is 0 Å². The summed E-state index contributed by atoms with van der Waals surface area (Å²) in [5.74, 6) is 0.477. The molecule has 1 rings (SSSR count). The zero-order valence-corrected chi connectivity index (χ0v) is 12.2. The van der Waals surface area contributed by atoms with E-state index in [-0.39, 0.29) is 17.3 Å². The topological polar surface area (TPSA) is 55.1 Å². The smallest absolute Gasteiger partial charge is 0.301 e. The molecule has 0 radical (unpaired) electrons. The number of anilines is 1. The molecular weight excluding hydrogens is 252 g/mol. The largest absolute Gasteiger partial charge is 0.428 e. The molecule has 0 saturated carbocycles. The monoisotopic (exact) mass is 272 g/mol. The van der Waals surface area contributed by atoms with Crippen molar-refractivity contribution in [1.29, 1.82) is 0 Å². The van der Waals surface area contributed by atoms with Gasteiger partial charge >= 0.3 is 6.01 Å². The van der Waals surface area contributed by atoms with E-state index in [1.807, 2.05) is 20.8 Å². The average Bonchev–Trinajstić information content (AvgIpc) is 2.73. The van der Waals surface area contributed by atoms with E-state index in [1.165, 1.54) is 0 Å². The van der Waals surface area contributed by atoms with Crippen LogP contribution in [0.2, 0.25) is 0 Å². The molecule has 5 heteroatoms. The first kappa shape index (κ1) is 15.0. The number of halogens is 1. The van der Waals surface area contributed by atoms with E-state index in [0.29, 0.717) is 6.42 Å². The molecule has 4 nitrogen and oxygen atoms in total. The van der Waals surface area contributed by atoms with Crippen LogP contribution in [0.15, 0.2) is 10.6 Å². The van der Waals surface area contributed by atoms with E-state index in [0.717, 1.165) is 18.6 Å². The fourth-order valence-corrected chi connectivity index (χ4v) is 1.59. The molecule has 18 heavy (non-hydrogen) atoms. The number of aromatic nitrogens is 1. The highest BCUT2D eigenvalue weighted by molar-refractivity contribution is 6.32. The van der Waals surface area contributed by atoms with Gasteiger partial charge in [0.1, 0.15) is 11.1 Å². The summed E-state index contributed by atoms with van der Waals surface area (Å²) in [6.07, 6.45) is 4.24. The molecule has 1 amide bonds. The minimum atomic E-state index is -0.532. The van der Waals surface area contributed by atoms with Crippen LogP contribution in [-0.4, -0.2) is 16.3 Å². The van der Waals surface area contributed by atoms with Gasteiger partial charge in [-0.3, -0.25) is 10.1 Å². The third kappa shape index (κ3) is 4.33. The minimum absolute atomic E-state index is 0.126. The molecule has 1 aromatic heterocycles. The Morgan fingerprint density at radius 3 is 2.72 bits per heavy atom. The van der Waals surface area contributed by atoms with Gasteiger partial charge in [0.05, 0.1) is 6.20 Å². The zero-order chi connectivity index (χ0) is 13.8. The summed E-state index contributed by atoms with van der Waals surface area (Å²) in [5.41, 5.74) is -0.126. The summed E-state index contributed by atoms with van der Waals surface area (Å²) in [6, 6.07) is 0.215. The van der Waals surface area contributed by atoms with Crippen LogP contribution in [0, 0.1) is 0 Å². The van der Waals surface area contributed by atoms with Crippen LogP contribution in [0.3, 0.4) is 0 Å². The van der Waals surface area contributed by atoms with Crippen LogP contribution in [0.5, 0.6) is 0 Å². The van der Waals surface area contributed by atoms with Crippen molar-refractivity contribution in [3.05, 3.63) is 12.0 Å². The summed E-state index contributed by atoms with van der Waals surface area (Å²) >= 11 is 5.98. The van der Waals surface area contributed by atoms with Crippen molar-refractivity contribution in [3.8, 4) is 0 Å². The van der Waals surface area contributed by atoms with E-state index < -0.39 is 5.38 Å². The van der Waals surface area contributed by atoms with Crippen molar-refractivity contribution in [1.82, 2.24) is 4.98 Å². The quantitative estimate of drug-likeness (QED) is 0.832. The lowest BCUT2D eigenvalue weighted by molar-refractivity contribution is -0.116. The Balaban J connectivity index is 2.57. The molecule has 1 atom stereocenters. The van der Waals surface area contributed by atoms with Crippen molar-refractivity contribution in [2.75, 3.05) is 5.32 Å². The lowest BCUT2D eigenvalue weighted by Gasteiger charge is -2.13. The SMILES string of the molecule is CCCC[C@@H](Cl)C(=O)Nc1ncc(C(C)(C)C)o1. The number of unbranched alkanes of at least 4 members (excludes halogenated alkanes) is 1. The fourth-order valence-electron chi connectivity index (χ4n) is 1.38. The zero-order valence-electron chi connectivity index (χ0n) is 11.4. The van der Waals surface area contributed by atoms with Crippen LogP contribution in [0.1, 0.15) is 52.7 Å². The number of hydrogen-bond donors (Lipinski definition) is 1. The van der Waals surface area contributed by atoms with Gasteiger partial charge in [0, 0.05) is 5.41 Å². The third-order valence-corrected chi connectivity index (χ3v) is 2.99. The van der Waals surface area contributed by atoms with E-state index in [1.54, 1.807) is 6.20 Å². The molecule has 1 N–H and O–H groups in total. The highest BCUT2D eigenvalue weighted by atomic mass is 35.5. The normalized spacial score (nSPS) is 13.4. The Kier molecular flexibility index (Phi) is 5.20. The lowest BCUT2D eigenvalue weighted by Crippen LogP contribution is -2.23. The Bertz CT molecular complexity index is 396. The Morgan fingerprint density at radius 2 is 2.22 bits per heavy atom. The van der Waals surface area contributed by atoms with Crippen molar-refractivity contribution in [2.24, 2.45) is 0 Å². The first-order valence-corrected chi connectivity index (χ1v) is 6.69. The lowest BCUT2D eigenvalue weighted by atomic mass is 9.94. The standard InChI is InChI=1S/C13H21ClN2O2/c1-5-6-7-9(14)11(17)16-12-15-8-10(18-12)13(2,3)4/h8-9H,5-7H2,1-4H3,(H,15,16,17)/t9-/m1/s1. The summed E-state index contributed by atoms with van der Waals surface area (Å²) in [6.45, 7) is 8.12. The van der Waals surface area contributed by atoms with Crippen LogP contribution < -0.4 is 5.32 Å². The number of carbonyl (C=O) groups is 1.